The SMILES string of the molecule is Cc1cccc(CNC(=O)C2CC(=O)N(c3cc(Cl)ccc3C)C2)c1. The van der Waals surface area contributed by atoms with Crippen LogP contribution in [0.3, 0.4) is 0 Å². The summed E-state index contributed by atoms with van der Waals surface area (Å²) in [6.45, 7) is 4.82. The molecule has 2 amide bonds. The Bertz CT molecular complexity index is 819. The summed E-state index contributed by atoms with van der Waals surface area (Å²) >= 11 is 6.05. The molecule has 0 saturated carbocycles. The number of carbonyl (C=O) groups is 2. The van der Waals surface area contributed by atoms with Gasteiger partial charge in [0.15, 0.2) is 0 Å². The first kappa shape index (κ1) is 17.5. The molecule has 0 aromatic heterocycles. The molecule has 1 N–H and O–H groups in total. The van der Waals surface area contributed by atoms with Gasteiger partial charge in [-0.3, -0.25) is 9.59 Å². The number of nitrogens with zero attached hydrogens (tertiary/aromatic N) is 1. The van der Waals surface area contributed by atoms with Gasteiger partial charge < -0.3 is 10.2 Å². The fourth-order valence-corrected chi connectivity index (χ4v) is 3.31. The molecule has 0 bridgehead atoms. The number of rotatable bonds is 4. The topological polar surface area (TPSA) is 49.4 Å². The highest BCUT2D eigenvalue weighted by molar-refractivity contribution is 6.31. The van der Waals surface area contributed by atoms with Crippen LogP contribution in [0.4, 0.5) is 5.69 Å². The second-order valence-corrected chi connectivity index (χ2v) is 6.98. The summed E-state index contributed by atoms with van der Waals surface area (Å²) in [5.74, 6) is -0.464. The molecule has 5 heteroatoms. The molecule has 2 aromatic rings. The van der Waals surface area contributed by atoms with Gasteiger partial charge in [0.1, 0.15) is 0 Å². The van der Waals surface area contributed by atoms with Crippen LogP contribution < -0.4 is 10.2 Å². The third kappa shape index (κ3) is 4.02. The second kappa shape index (κ2) is 7.28. The minimum Gasteiger partial charge on any atom is -0.352 e. The average molecular weight is 357 g/mol. The van der Waals surface area contributed by atoms with Crippen LogP contribution in [-0.2, 0) is 16.1 Å². The van der Waals surface area contributed by atoms with Crippen LogP contribution in [0.2, 0.25) is 5.02 Å². The van der Waals surface area contributed by atoms with Crippen molar-refractivity contribution in [2.45, 2.75) is 26.8 Å². The molecule has 25 heavy (non-hydrogen) atoms. The zero-order valence-electron chi connectivity index (χ0n) is 14.4. The Morgan fingerprint density at radius 3 is 2.80 bits per heavy atom. The first-order chi connectivity index (χ1) is 11.9. The lowest BCUT2D eigenvalue weighted by atomic mass is 10.1. The largest absolute Gasteiger partial charge is 0.352 e. The summed E-state index contributed by atoms with van der Waals surface area (Å²) in [4.78, 5) is 26.5. The average Bonchev–Trinajstić information content (AvgIpc) is 2.97. The van der Waals surface area contributed by atoms with Crippen LogP contribution in [0.15, 0.2) is 42.5 Å². The summed E-state index contributed by atoms with van der Waals surface area (Å²) < 4.78 is 0. The Labute approximate surface area is 152 Å². The van der Waals surface area contributed by atoms with Crippen LogP contribution in [0.1, 0.15) is 23.1 Å². The molecular weight excluding hydrogens is 336 g/mol. The third-order valence-electron chi connectivity index (χ3n) is 4.51. The van der Waals surface area contributed by atoms with Crippen molar-refractivity contribution in [3.05, 3.63) is 64.2 Å². The van der Waals surface area contributed by atoms with Gasteiger partial charge >= 0.3 is 0 Å². The first-order valence-corrected chi connectivity index (χ1v) is 8.71. The maximum atomic E-state index is 12.5. The van der Waals surface area contributed by atoms with E-state index in [4.69, 9.17) is 11.6 Å². The molecule has 1 saturated heterocycles. The summed E-state index contributed by atoms with van der Waals surface area (Å²) in [6.07, 6.45) is 0.228. The van der Waals surface area contributed by atoms with E-state index in [-0.39, 0.29) is 24.2 Å². The number of benzene rings is 2. The van der Waals surface area contributed by atoms with E-state index in [0.29, 0.717) is 18.1 Å². The summed E-state index contributed by atoms with van der Waals surface area (Å²) in [5.41, 5.74) is 3.97. The van der Waals surface area contributed by atoms with Gasteiger partial charge in [0.25, 0.3) is 0 Å². The molecular formula is C20H21ClN2O2. The van der Waals surface area contributed by atoms with E-state index in [2.05, 4.69) is 5.32 Å². The van der Waals surface area contributed by atoms with Crippen LogP contribution in [0.25, 0.3) is 0 Å². The Balaban J connectivity index is 1.65. The maximum absolute atomic E-state index is 12.5. The summed E-state index contributed by atoms with van der Waals surface area (Å²) in [6, 6.07) is 13.5. The minimum atomic E-state index is -0.337. The van der Waals surface area contributed by atoms with Crippen molar-refractivity contribution < 1.29 is 9.59 Å². The number of hydrogen-bond donors (Lipinski definition) is 1. The van der Waals surface area contributed by atoms with E-state index in [1.54, 1.807) is 17.0 Å². The molecule has 1 aliphatic rings. The monoisotopic (exact) mass is 356 g/mol. The molecule has 1 heterocycles. The lowest BCUT2D eigenvalue weighted by molar-refractivity contribution is -0.126. The van der Waals surface area contributed by atoms with E-state index < -0.39 is 0 Å². The van der Waals surface area contributed by atoms with Gasteiger partial charge in [0.05, 0.1) is 5.92 Å². The van der Waals surface area contributed by atoms with Crippen molar-refractivity contribution in [2.75, 3.05) is 11.4 Å². The van der Waals surface area contributed by atoms with Gasteiger partial charge in [0.2, 0.25) is 11.8 Å². The number of hydrogen-bond acceptors (Lipinski definition) is 2. The van der Waals surface area contributed by atoms with Crippen molar-refractivity contribution in [1.82, 2.24) is 5.32 Å². The first-order valence-electron chi connectivity index (χ1n) is 8.34. The van der Waals surface area contributed by atoms with Crippen molar-refractivity contribution in [1.29, 1.82) is 0 Å². The molecule has 0 radical (unpaired) electrons. The molecule has 3 rings (SSSR count). The van der Waals surface area contributed by atoms with Crippen LogP contribution in [0, 0.1) is 19.8 Å². The van der Waals surface area contributed by atoms with Gasteiger partial charge in [0, 0.05) is 30.2 Å². The molecule has 4 nitrogen and oxygen atoms in total. The molecule has 0 aliphatic carbocycles. The third-order valence-corrected chi connectivity index (χ3v) is 4.74. The molecule has 1 aliphatic heterocycles. The highest BCUT2D eigenvalue weighted by atomic mass is 35.5. The second-order valence-electron chi connectivity index (χ2n) is 6.54. The maximum Gasteiger partial charge on any atom is 0.227 e. The Morgan fingerprint density at radius 1 is 1.24 bits per heavy atom. The van der Waals surface area contributed by atoms with Crippen LogP contribution >= 0.6 is 11.6 Å². The normalized spacial score (nSPS) is 17.0. The number of halogens is 1. The van der Waals surface area contributed by atoms with E-state index in [9.17, 15) is 9.59 Å². The number of nitrogens with one attached hydrogen (secondary N) is 1. The Hall–Kier alpha value is -2.33. The number of carbonyl (C=O) groups excluding carboxylic acids is 2. The van der Waals surface area contributed by atoms with Gasteiger partial charge in [-0.2, -0.15) is 0 Å². The quantitative estimate of drug-likeness (QED) is 0.909. The molecule has 1 fully saturated rings. The Kier molecular flexibility index (Phi) is 5.09. The highest BCUT2D eigenvalue weighted by Gasteiger charge is 2.35. The van der Waals surface area contributed by atoms with E-state index in [1.165, 1.54) is 0 Å². The minimum absolute atomic E-state index is 0.0407. The van der Waals surface area contributed by atoms with E-state index >= 15 is 0 Å². The predicted molar refractivity (Wildman–Crippen MR) is 99.7 cm³/mol. The molecule has 130 valence electrons. The number of anilines is 1. The van der Waals surface area contributed by atoms with E-state index in [0.717, 1.165) is 22.4 Å². The lowest BCUT2D eigenvalue weighted by Crippen LogP contribution is -2.32. The van der Waals surface area contributed by atoms with Crippen molar-refractivity contribution in [3.63, 3.8) is 0 Å². The molecule has 1 unspecified atom stereocenters. The van der Waals surface area contributed by atoms with Crippen molar-refractivity contribution >= 4 is 29.1 Å². The summed E-state index contributed by atoms with van der Waals surface area (Å²) in [7, 11) is 0. The number of amides is 2. The lowest BCUT2D eigenvalue weighted by Gasteiger charge is -2.19. The van der Waals surface area contributed by atoms with Crippen molar-refractivity contribution in [3.8, 4) is 0 Å². The predicted octanol–water partition coefficient (Wildman–Crippen LogP) is 3.63. The Morgan fingerprint density at radius 2 is 2.04 bits per heavy atom. The van der Waals surface area contributed by atoms with E-state index in [1.807, 2.05) is 44.2 Å². The van der Waals surface area contributed by atoms with Crippen LogP contribution in [-0.4, -0.2) is 18.4 Å². The van der Waals surface area contributed by atoms with Gasteiger partial charge in [-0.15, -0.1) is 0 Å². The van der Waals surface area contributed by atoms with Crippen molar-refractivity contribution in [2.24, 2.45) is 5.92 Å². The fourth-order valence-electron chi connectivity index (χ4n) is 3.14. The molecule has 2 aromatic carbocycles. The summed E-state index contributed by atoms with van der Waals surface area (Å²) in [5, 5.41) is 3.53. The van der Waals surface area contributed by atoms with Gasteiger partial charge in [-0.1, -0.05) is 47.5 Å². The van der Waals surface area contributed by atoms with Gasteiger partial charge in [-0.05, 0) is 37.1 Å². The van der Waals surface area contributed by atoms with Crippen LogP contribution in [0.5, 0.6) is 0 Å². The number of aryl methyl sites for hydroxylation is 2. The molecule has 1 atom stereocenters. The van der Waals surface area contributed by atoms with Gasteiger partial charge in [-0.25, -0.2) is 0 Å². The smallest absolute Gasteiger partial charge is 0.227 e. The molecule has 0 spiro atoms. The zero-order valence-corrected chi connectivity index (χ0v) is 15.1. The highest BCUT2D eigenvalue weighted by Crippen LogP contribution is 2.30. The zero-order chi connectivity index (χ0) is 18.0. The fraction of sp³-hybridized carbons (Fsp3) is 0.300. The standard InChI is InChI=1S/C20H21ClN2O2/c1-13-4-3-5-15(8-13)11-22-20(25)16-9-19(24)23(12-16)18-10-17(21)7-6-14(18)2/h3-8,10,16H,9,11-12H2,1-2H3,(H,22,25).